The lowest BCUT2D eigenvalue weighted by atomic mass is 10.1. The number of rotatable bonds is 4. The highest BCUT2D eigenvalue weighted by atomic mass is 16.3. The molecule has 0 aromatic carbocycles. The molecule has 0 aliphatic carbocycles. The highest BCUT2D eigenvalue weighted by Gasteiger charge is 2.28. The molecule has 104 valence electrons. The number of amides is 1. The molecule has 0 bridgehead atoms. The van der Waals surface area contributed by atoms with Gasteiger partial charge in [-0.1, -0.05) is 6.42 Å². The fraction of sp³-hybridized carbons (Fsp3) is 0.923. The number of carbonyl (C=O) groups excluding carboxylic acids is 1. The van der Waals surface area contributed by atoms with Crippen LogP contribution in [0.15, 0.2) is 0 Å². The van der Waals surface area contributed by atoms with E-state index in [1.54, 1.807) is 0 Å². The van der Waals surface area contributed by atoms with E-state index in [9.17, 15) is 9.90 Å². The third kappa shape index (κ3) is 3.67. The first-order valence-electron chi connectivity index (χ1n) is 7.10. The van der Waals surface area contributed by atoms with Crippen molar-refractivity contribution in [1.82, 2.24) is 15.5 Å². The first-order valence-corrected chi connectivity index (χ1v) is 7.10. The van der Waals surface area contributed by atoms with Crippen LogP contribution in [-0.2, 0) is 4.79 Å². The molecule has 2 aliphatic rings. The molecule has 1 amide bonds. The zero-order valence-electron chi connectivity index (χ0n) is 11.2. The highest BCUT2D eigenvalue weighted by molar-refractivity contribution is 5.82. The molecule has 2 aliphatic heterocycles. The molecular weight excluding hydrogens is 230 g/mol. The van der Waals surface area contributed by atoms with E-state index in [1.165, 1.54) is 19.3 Å². The van der Waals surface area contributed by atoms with Crippen molar-refractivity contribution in [3.8, 4) is 0 Å². The molecule has 0 saturated carbocycles. The Kier molecular flexibility index (Phi) is 4.97. The van der Waals surface area contributed by atoms with Crippen LogP contribution in [0.4, 0.5) is 0 Å². The Morgan fingerprint density at radius 1 is 1.44 bits per heavy atom. The highest BCUT2D eigenvalue weighted by Crippen LogP contribution is 2.11. The summed E-state index contributed by atoms with van der Waals surface area (Å²) in [5, 5.41) is 15.4. The zero-order chi connectivity index (χ0) is 13.0. The molecule has 0 spiro atoms. The van der Waals surface area contributed by atoms with E-state index in [-0.39, 0.29) is 18.1 Å². The predicted molar refractivity (Wildman–Crippen MR) is 70.3 cm³/mol. The summed E-state index contributed by atoms with van der Waals surface area (Å²) in [4.78, 5) is 14.3. The fourth-order valence-electron chi connectivity index (χ4n) is 2.78. The lowest BCUT2D eigenvalue weighted by Crippen LogP contribution is -2.48. The smallest absolute Gasteiger partial charge is 0.237 e. The van der Waals surface area contributed by atoms with Gasteiger partial charge in [-0.3, -0.25) is 9.69 Å². The second-order valence-electron chi connectivity index (χ2n) is 5.54. The summed E-state index contributed by atoms with van der Waals surface area (Å²) in [6, 6.07) is 0.189. The summed E-state index contributed by atoms with van der Waals surface area (Å²) in [5.74, 6) is 0.0235. The van der Waals surface area contributed by atoms with Crippen LogP contribution in [0.5, 0.6) is 0 Å². The van der Waals surface area contributed by atoms with Gasteiger partial charge in [0.2, 0.25) is 5.91 Å². The third-order valence-electron chi connectivity index (χ3n) is 4.01. The van der Waals surface area contributed by atoms with Crippen molar-refractivity contribution in [3.63, 3.8) is 0 Å². The summed E-state index contributed by atoms with van der Waals surface area (Å²) in [5.41, 5.74) is 0. The Morgan fingerprint density at radius 2 is 2.17 bits per heavy atom. The quantitative estimate of drug-likeness (QED) is 0.645. The maximum absolute atomic E-state index is 11.9. The number of piperidine rings is 1. The van der Waals surface area contributed by atoms with E-state index < -0.39 is 0 Å². The topological polar surface area (TPSA) is 64.6 Å². The lowest BCUT2D eigenvalue weighted by molar-refractivity contribution is -0.123. The number of aliphatic hydroxyl groups is 1. The van der Waals surface area contributed by atoms with Gasteiger partial charge in [-0.15, -0.1) is 0 Å². The van der Waals surface area contributed by atoms with Crippen molar-refractivity contribution in [2.75, 3.05) is 26.2 Å². The summed E-state index contributed by atoms with van der Waals surface area (Å²) in [7, 11) is 0. The van der Waals surface area contributed by atoms with Gasteiger partial charge in [-0.2, -0.15) is 0 Å². The van der Waals surface area contributed by atoms with E-state index in [4.69, 9.17) is 0 Å². The van der Waals surface area contributed by atoms with Gasteiger partial charge in [0.1, 0.15) is 0 Å². The van der Waals surface area contributed by atoms with Crippen LogP contribution >= 0.6 is 0 Å². The molecule has 2 heterocycles. The minimum atomic E-state index is -0.375. The second kappa shape index (κ2) is 6.50. The van der Waals surface area contributed by atoms with E-state index in [2.05, 4.69) is 22.5 Å². The molecule has 5 heteroatoms. The number of likely N-dealkylation sites (tertiary alicyclic amines) is 1. The van der Waals surface area contributed by atoms with Gasteiger partial charge in [0, 0.05) is 19.1 Å². The Labute approximate surface area is 109 Å². The lowest BCUT2D eigenvalue weighted by Gasteiger charge is -2.32. The Hall–Kier alpha value is -0.650. The largest absolute Gasteiger partial charge is 0.392 e. The van der Waals surface area contributed by atoms with Crippen molar-refractivity contribution in [3.05, 3.63) is 0 Å². The molecular formula is C13H25N3O2. The standard InChI is InChI=1S/C13H25N3O2/c1-10(16-5-3-2-4-6-16)8-15-13(18)12-7-11(17)9-14-12/h10-12,14,17H,2-9H2,1H3,(H,15,18). The van der Waals surface area contributed by atoms with Gasteiger partial charge in [0.15, 0.2) is 0 Å². The van der Waals surface area contributed by atoms with Crippen molar-refractivity contribution in [1.29, 1.82) is 0 Å². The first-order chi connectivity index (χ1) is 8.66. The Morgan fingerprint density at radius 3 is 2.78 bits per heavy atom. The summed E-state index contributed by atoms with van der Waals surface area (Å²) < 4.78 is 0. The molecule has 0 aromatic heterocycles. The van der Waals surface area contributed by atoms with Crippen LogP contribution in [0.1, 0.15) is 32.6 Å². The number of hydrogen-bond acceptors (Lipinski definition) is 4. The summed E-state index contributed by atoms with van der Waals surface area (Å²) >= 11 is 0. The number of aliphatic hydroxyl groups excluding tert-OH is 1. The predicted octanol–water partition coefficient (Wildman–Crippen LogP) is -0.300. The average molecular weight is 255 g/mol. The van der Waals surface area contributed by atoms with Gasteiger partial charge in [-0.25, -0.2) is 0 Å². The van der Waals surface area contributed by atoms with Crippen molar-refractivity contribution in [2.45, 2.75) is 50.8 Å². The number of carbonyl (C=O) groups is 1. The number of nitrogens with zero attached hydrogens (tertiary/aromatic N) is 1. The Balaban J connectivity index is 1.68. The summed E-state index contributed by atoms with van der Waals surface area (Å²) in [6.45, 7) is 5.70. The van der Waals surface area contributed by atoms with Crippen LogP contribution in [0.2, 0.25) is 0 Å². The molecule has 3 atom stereocenters. The minimum Gasteiger partial charge on any atom is -0.392 e. The number of β-amino-alcohol motifs (C(OH)–C–C–N with tert-alkyl or cyclic N) is 1. The van der Waals surface area contributed by atoms with E-state index in [0.29, 0.717) is 25.6 Å². The van der Waals surface area contributed by atoms with Crippen LogP contribution in [0.25, 0.3) is 0 Å². The monoisotopic (exact) mass is 255 g/mol. The average Bonchev–Trinajstić information content (AvgIpc) is 2.83. The molecule has 2 saturated heterocycles. The molecule has 18 heavy (non-hydrogen) atoms. The van der Waals surface area contributed by atoms with Gasteiger partial charge >= 0.3 is 0 Å². The van der Waals surface area contributed by atoms with Crippen molar-refractivity contribution >= 4 is 5.91 Å². The normalized spacial score (nSPS) is 31.2. The number of nitrogens with one attached hydrogen (secondary N) is 2. The van der Waals surface area contributed by atoms with E-state index >= 15 is 0 Å². The summed E-state index contributed by atoms with van der Waals surface area (Å²) in [6.07, 6.45) is 4.03. The van der Waals surface area contributed by atoms with Gasteiger partial charge < -0.3 is 15.7 Å². The maximum Gasteiger partial charge on any atom is 0.237 e. The van der Waals surface area contributed by atoms with E-state index in [0.717, 1.165) is 13.1 Å². The molecule has 2 rings (SSSR count). The van der Waals surface area contributed by atoms with Gasteiger partial charge in [0.25, 0.3) is 0 Å². The SMILES string of the molecule is CC(CNC(=O)C1CC(O)CN1)N1CCCCC1. The van der Waals surface area contributed by atoms with Crippen LogP contribution in [0.3, 0.4) is 0 Å². The van der Waals surface area contributed by atoms with Gasteiger partial charge in [0.05, 0.1) is 12.1 Å². The van der Waals surface area contributed by atoms with Crippen LogP contribution in [0, 0.1) is 0 Å². The number of hydrogen-bond donors (Lipinski definition) is 3. The Bertz CT molecular complexity index is 279. The first kappa shape index (κ1) is 13.8. The molecule has 0 radical (unpaired) electrons. The van der Waals surface area contributed by atoms with Crippen LogP contribution < -0.4 is 10.6 Å². The molecule has 2 fully saturated rings. The molecule has 3 N–H and O–H groups in total. The third-order valence-corrected chi connectivity index (χ3v) is 4.01. The van der Waals surface area contributed by atoms with E-state index in [1.807, 2.05) is 0 Å². The second-order valence-corrected chi connectivity index (χ2v) is 5.54. The van der Waals surface area contributed by atoms with Crippen molar-refractivity contribution < 1.29 is 9.90 Å². The zero-order valence-corrected chi connectivity index (χ0v) is 11.2. The van der Waals surface area contributed by atoms with Gasteiger partial charge in [-0.05, 0) is 39.3 Å². The van der Waals surface area contributed by atoms with Crippen LogP contribution in [-0.4, -0.2) is 60.3 Å². The maximum atomic E-state index is 11.9. The fourth-order valence-corrected chi connectivity index (χ4v) is 2.78. The molecule has 0 aromatic rings. The molecule has 5 nitrogen and oxygen atoms in total. The molecule has 3 unspecified atom stereocenters. The minimum absolute atomic E-state index is 0.0235. The van der Waals surface area contributed by atoms with Crippen molar-refractivity contribution in [2.24, 2.45) is 0 Å².